The van der Waals surface area contributed by atoms with Crippen molar-refractivity contribution in [2.45, 2.75) is 84.4 Å². The maximum absolute atomic E-state index is 14.4. The summed E-state index contributed by atoms with van der Waals surface area (Å²) in [7, 11) is 0. The fourth-order valence-electron chi connectivity index (χ4n) is 6.69. The van der Waals surface area contributed by atoms with E-state index < -0.39 is 23.3 Å². The van der Waals surface area contributed by atoms with E-state index in [1.54, 1.807) is 16.0 Å². The zero-order valence-corrected chi connectivity index (χ0v) is 27.4. The number of rotatable bonds is 6. The predicted octanol–water partition coefficient (Wildman–Crippen LogP) is 4.75. The molecule has 2 aromatic rings. The number of nitrogens with zero attached hydrogens (tertiary/aromatic N) is 5. The van der Waals surface area contributed by atoms with Crippen molar-refractivity contribution in [1.29, 1.82) is 0 Å². The summed E-state index contributed by atoms with van der Waals surface area (Å²) in [6.07, 6.45) is 2.01. The average molecular weight is 626 g/mol. The summed E-state index contributed by atoms with van der Waals surface area (Å²) in [5.74, 6) is -1.03. The number of hydrogen-bond donors (Lipinski definition) is 0. The van der Waals surface area contributed by atoms with E-state index in [9.17, 15) is 23.2 Å². The molecule has 2 fully saturated rings. The van der Waals surface area contributed by atoms with Gasteiger partial charge in [0, 0.05) is 86.6 Å². The Morgan fingerprint density at radius 3 is 2.47 bits per heavy atom. The van der Waals surface area contributed by atoms with Crippen LogP contribution in [0.2, 0.25) is 0 Å². The molecule has 0 radical (unpaired) electrons. The second-order valence-corrected chi connectivity index (χ2v) is 14.6. The number of amides is 3. The highest BCUT2D eigenvalue weighted by Gasteiger charge is 2.43. The van der Waals surface area contributed by atoms with E-state index in [2.05, 4.69) is 30.7 Å². The Kier molecular flexibility index (Phi) is 8.96. The van der Waals surface area contributed by atoms with Crippen molar-refractivity contribution in [2.75, 3.05) is 44.2 Å². The Morgan fingerprint density at radius 1 is 1.09 bits per heavy atom. The average Bonchev–Trinajstić information content (AvgIpc) is 3.39. The molecule has 4 heterocycles. The quantitative estimate of drug-likeness (QED) is 0.461. The lowest BCUT2D eigenvalue weighted by atomic mass is 9.88. The largest absolute Gasteiger partial charge is 0.444 e. The van der Waals surface area contributed by atoms with Crippen LogP contribution < -0.4 is 4.90 Å². The van der Waals surface area contributed by atoms with Crippen molar-refractivity contribution in [3.05, 3.63) is 58.9 Å². The smallest absolute Gasteiger partial charge is 0.410 e. The number of hydrogen-bond acceptors (Lipinski definition) is 6. The minimum absolute atomic E-state index is 0.0871. The Balaban J connectivity index is 1.37. The van der Waals surface area contributed by atoms with Crippen LogP contribution in [0.1, 0.15) is 71.7 Å². The van der Waals surface area contributed by atoms with E-state index in [-0.39, 0.29) is 48.2 Å². The molecule has 0 saturated carbocycles. The number of benzene rings is 1. The van der Waals surface area contributed by atoms with Crippen LogP contribution in [0.5, 0.6) is 0 Å². The molecule has 11 heteroatoms. The van der Waals surface area contributed by atoms with Crippen molar-refractivity contribution in [3.63, 3.8) is 0 Å². The molecule has 244 valence electrons. The maximum atomic E-state index is 14.4. The number of carbonyl (C=O) groups excluding carboxylic acids is 3. The lowest BCUT2D eigenvalue weighted by Gasteiger charge is -2.46. The fourth-order valence-corrected chi connectivity index (χ4v) is 6.69. The Hall–Kier alpha value is -3.60. The number of ether oxygens (including phenoxy) is 1. The molecule has 3 amide bonds. The standard InChI is InChI=1S/C34H45F2N5O4/c1-21-10-30(42)39(15-21)17-26-18-40(32(44)45-33(3,4)5)22(2)16-38(26)19-31(43)41-20-34(6,7)27-14-37-25(13-29(27)41)11-23-8-9-24(35)12-28(23)36/h8-9,12-14,21-22,26H,10-11,15-20H2,1-7H3/t21-,22+,26-/m0/s1. The third-order valence-electron chi connectivity index (χ3n) is 8.96. The normalized spacial score (nSPS) is 23.4. The minimum Gasteiger partial charge on any atom is -0.444 e. The molecule has 45 heavy (non-hydrogen) atoms. The van der Waals surface area contributed by atoms with Gasteiger partial charge in [-0.3, -0.25) is 19.5 Å². The monoisotopic (exact) mass is 625 g/mol. The van der Waals surface area contributed by atoms with Gasteiger partial charge in [-0.1, -0.05) is 26.8 Å². The number of halogens is 2. The summed E-state index contributed by atoms with van der Waals surface area (Å²) >= 11 is 0. The first-order valence-corrected chi connectivity index (χ1v) is 15.8. The second-order valence-electron chi connectivity index (χ2n) is 14.6. The van der Waals surface area contributed by atoms with E-state index in [0.717, 1.165) is 17.3 Å². The highest BCUT2D eigenvalue weighted by Crippen LogP contribution is 2.41. The van der Waals surface area contributed by atoms with Crippen molar-refractivity contribution in [2.24, 2.45) is 5.92 Å². The van der Waals surface area contributed by atoms with Crippen LogP contribution in [0, 0.1) is 17.6 Å². The molecule has 0 spiro atoms. The molecule has 9 nitrogen and oxygen atoms in total. The van der Waals surface area contributed by atoms with Gasteiger partial charge >= 0.3 is 6.09 Å². The van der Waals surface area contributed by atoms with E-state index in [4.69, 9.17) is 4.74 Å². The molecule has 0 bridgehead atoms. The molecule has 3 aliphatic rings. The molecular formula is C34H45F2N5O4. The number of aromatic nitrogens is 1. The summed E-state index contributed by atoms with van der Waals surface area (Å²) in [5.41, 5.74) is 1.57. The summed E-state index contributed by atoms with van der Waals surface area (Å²) < 4.78 is 33.6. The lowest BCUT2D eigenvalue weighted by Crippen LogP contribution is -2.63. The lowest BCUT2D eigenvalue weighted by molar-refractivity contribution is -0.129. The Bertz CT molecular complexity index is 1470. The molecule has 2 saturated heterocycles. The van der Waals surface area contributed by atoms with Gasteiger partial charge in [0.15, 0.2) is 0 Å². The van der Waals surface area contributed by atoms with Gasteiger partial charge in [0.2, 0.25) is 11.8 Å². The molecule has 3 aliphatic heterocycles. The molecule has 0 unspecified atom stereocenters. The first-order chi connectivity index (χ1) is 21.0. The van der Waals surface area contributed by atoms with E-state index in [0.29, 0.717) is 50.4 Å². The van der Waals surface area contributed by atoms with Crippen LogP contribution in [-0.2, 0) is 26.2 Å². The van der Waals surface area contributed by atoms with Gasteiger partial charge in [0.1, 0.15) is 17.2 Å². The van der Waals surface area contributed by atoms with Crippen molar-refractivity contribution < 1.29 is 27.9 Å². The summed E-state index contributed by atoms with van der Waals surface area (Å²) in [6.45, 7) is 16.0. The number of fused-ring (bicyclic) bond motifs is 1. The second kappa shape index (κ2) is 12.3. The number of likely N-dealkylation sites (tertiary alicyclic amines) is 1. The van der Waals surface area contributed by atoms with Crippen LogP contribution in [0.25, 0.3) is 0 Å². The van der Waals surface area contributed by atoms with Crippen molar-refractivity contribution in [1.82, 2.24) is 19.7 Å². The van der Waals surface area contributed by atoms with Gasteiger partial charge in [-0.05, 0) is 51.3 Å². The molecular weight excluding hydrogens is 580 g/mol. The van der Waals surface area contributed by atoms with E-state index in [1.165, 1.54) is 12.1 Å². The molecule has 1 aromatic carbocycles. The van der Waals surface area contributed by atoms with Gasteiger partial charge in [0.25, 0.3) is 0 Å². The highest BCUT2D eigenvalue weighted by molar-refractivity contribution is 5.97. The van der Waals surface area contributed by atoms with Gasteiger partial charge < -0.3 is 19.4 Å². The van der Waals surface area contributed by atoms with Crippen molar-refractivity contribution >= 4 is 23.6 Å². The number of pyridine rings is 1. The third kappa shape index (κ3) is 7.29. The topological polar surface area (TPSA) is 86.3 Å². The van der Waals surface area contributed by atoms with Crippen LogP contribution >= 0.6 is 0 Å². The first-order valence-electron chi connectivity index (χ1n) is 15.8. The molecule has 3 atom stereocenters. The number of anilines is 1. The van der Waals surface area contributed by atoms with Gasteiger partial charge in [-0.15, -0.1) is 0 Å². The summed E-state index contributed by atoms with van der Waals surface area (Å²) in [6, 6.07) is 4.86. The summed E-state index contributed by atoms with van der Waals surface area (Å²) in [4.78, 5) is 52.0. The van der Waals surface area contributed by atoms with Crippen LogP contribution in [-0.4, -0.2) is 94.5 Å². The zero-order chi connectivity index (χ0) is 32.8. The Labute approximate surface area is 264 Å². The van der Waals surface area contributed by atoms with E-state index in [1.807, 2.05) is 38.7 Å². The molecule has 5 rings (SSSR count). The SMILES string of the molecule is C[C@H]1CC(=O)N(C[C@H]2CN(C(=O)OC(C)(C)C)[C@H](C)CN2CC(=O)N2CC(C)(C)c3cnc(Cc4ccc(F)cc4F)cc32)C1. The van der Waals surface area contributed by atoms with Gasteiger partial charge in [-0.25, -0.2) is 13.6 Å². The molecule has 0 aliphatic carbocycles. The highest BCUT2D eigenvalue weighted by atomic mass is 19.1. The maximum Gasteiger partial charge on any atom is 0.410 e. The van der Waals surface area contributed by atoms with Crippen molar-refractivity contribution in [3.8, 4) is 0 Å². The number of carbonyl (C=O) groups is 3. The number of piperazine rings is 1. The van der Waals surface area contributed by atoms with E-state index >= 15 is 0 Å². The fraction of sp³-hybridized carbons (Fsp3) is 0.588. The van der Waals surface area contributed by atoms with Crippen LogP contribution in [0.4, 0.5) is 19.3 Å². The predicted molar refractivity (Wildman–Crippen MR) is 167 cm³/mol. The third-order valence-corrected chi connectivity index (χ3v) is 8.96. The van der Waals surface area contributed by atoms with Gasteiger partial charge in [0.05, 0.1) is 12.2 Å². The van der Waals surface area contributed by atoms with Crippen LogP contribution in [0.3, 0.4) is 0 Å². The van der Waals surface area contributed by atoms with Gasteiger partial charge in [-0.2, -0.15) is 0 Å². The molecule has 1 aromatic heterocycles. The summed E-state index contributed by atoms with van der Waals surface area (Å²) in [5, 5.41) is 0. The zero-order valence-electron chi connectivity index (χ0n) is 27.4. The molecule has 0 N–H and O–H groups in total. The van der Waals surface area contributed by atoms with Crippen LogP contribution in [0.15, 0.2) is 30.5 Å². The minimum atomic E-state index is -0.647. The first kappa shape index (κ1) is 32.8. The Morgan fingerprint density at radius 2 is 1.82 bits per heavy atom.